The number of anilines is 1. The van der Waals surface area contributed by atoms with Gasteiger partial charge >= 0.3 is 0 Å². The number of rotatable bonds is 2. The van der Waals surface area contributed by atoms with E-state index in [1.165, 1.54) is 11.3 Å². The van der Waals surface area contributed by atoms with Crippen LogP contribution in [0.5, 0.6) is 0 Å². The Balaban J connectivity index is 1.58. The Morgan fingerprint density at radius 2 is 2.08 bits per heavy atom. The van der Waals surface area contributed by atoms with Crippen LogP contribution >= 0.6 is 11.3 Å². The van der Waals surface area contributed by atoms with Gasteiger partial charge in [-0.15, -0.1) is 0 Å². The number of fused-ring (bicyclic) bond motifs is 1. The highest BCUT2D eigenvalue weighted by molar-refractivity contribution is 7.22. The number of likely N-dealkylation sites (tertiary alicyclic amines) is 1. The molecule has 1 unspecified atom stereocenters. The van der Waals surface area contributed by atoms with Crippen molar-refractivity contribution in [3.8, 4) is 0 Å². The van der Waals surface area contributed by atoms with Crippen LogP contribution in [0.4, 0.5) is 5.13 Å². The fourth-order valence-electron chi connectivity index (χ4n) is 3.66. The molecule has 0 radical (unpaired) electrons. The van der Waals surface area contributed by atoms with Crippen molar-refractivity contribution < 1.29 is 4.79 Å². The minimum absolute atomic E-state index is 0.0704. The van der Waals surface area contributed by atoms with E-state index in [0.29, 0.717) is 17.2 Å². The summed E-state index contributed by atoms with van der Waals surface area (Å²) in [7, 11) is 0. The van der Waals surface area contributed by atoms with Gasteiger partial charge in [0.15, 0.2) is 5.13 Å². The number of hydrogen-bond acceptors (Lipinski definition) is 5. The summed E-state index contributed by atoms with van der Waals surface area (Å²) < 4.78 is 3.02. The number of amides is 1. The first-order chi connectivity index (χ1) is 11.9. The van der Waals surface area contributed by atoms with Crippen LogP contribution in [0.25, 0.3) is 10.2 Å². The van der Waals surface area contributed by atoms with Crippen molar-refractivity contribution in [3.05, 3.63) is 40.7 Å². The predicted octanol–water partition coefficient (Wildman–Crippen LogP) is 3.09. The number of thiazole rings is 1. The third kappa shape index (κ3) is 2.78. The Kier molecular flexibility index (Phi) is 3.76. The van der Waals surface area contributed by atoms with Gasteiger partial charge in [-0.2, -0.15) is 5.10 Å². The lowest BCUT2D eigenvalue weighted by Gasteiger charge is -2.18. The maximum Gasteiger partial charge on any atom is 0.253 e. The van der Waals surface area contributed by atoms with E-state index in [4.69, 9.17) is 5.73 Å². The molecule has 1 fully saturated rings. The molecule has 25 heavy (non-hydrogen) atoms. The molecule has 1 amide bonds. The average molecular weight is 355 g/mol. The van der Waals surface area contributed by atoms with Crippen LogP contribution in [0.1, 0.15) is 39.8 Å². The molecule has 0 aliphatic carbocycles. The predicted molar refractivity (Wildman–Crippen MR) is 100 cm³/mol. The van der Waals surface area contributed by atoms with Gasteiger partial charge in [-0.25, -0.2) is 4.98 Å². The monoisotopic (exact) mass is 355 g/mol. The van der Waals surface area contributed by atoms with Gasteiger partial charge in [0.1, 0.15) is 0 Å². The zero-order valence-corrected chi connectivity index (χ0v) is 15.4. The first-order valence-corrected chi connectivity index (χ1v) is 9.22. The lowest BCUT2D eigenvalue weighted by Crippen LogP contribution is -2.29. The quantitative estimate of drug-likeness (QED) is 0.766. The maximum atomic E-state index is 13.0. The largest absolute Gasteiger partial charge is 0.375 e. The zero-order valence-electron chi connectivity index (χ0n) is 14.6. The van der Waals surface area contributed by atoms with Crippen molar-refractivity contribution in [2.75, 3.05) is 18.8 Å². The zero-order chi connectivity index (χ0) is 17.7. The second-order valence-electron chi connectivity index (χ2n) is 6.76. The Labute approximate surface area is 150 Å². The summed E-state index contributed by atoms with van der Waals surface area (Å²) in [6.07, 6.45) is 0.933. The molecule has 0 spiro atoms. The molecule has 1 aromatic carbocycles. The first-order valence-electron chi connectivity index (χ1n) is 8.41. The van der Waals surface area contributed by atoms with E-state index >= 15 is 0 Å². The van der Waals surface area contributed by atoms with E-state index in [-0.39, 0.29) is 11.9 Å². The number of nitrogens with zero attached hydrogens (tertiary/aromatic N) is 4. The van der Waals surface area contributed by atoms with Crippen LogP contribution in [-0.4, -0.2) is 38.7 Å². The standard InChI is InChI=1S/C18H21N5OS/c1-10-6-13(8-15-16(10)20-18(19)25-15)17(24)22-5-4-14(9-22)23-12(3)7-11(2)21-23/h6-8,14H,4-5,9H2,1-3H3,(H2,19,20). The van der Waals surface area contributed by atoms with Crippen molar-refractivity contribution in [3.63, 3.8) is 0 Å². The van der Waals surface area contributed by atoms with E-state index in [2.05, 4.69) is 27.8 Å². The molecule has 2 aromatic heterocycles. The van der Waals surface area contributed by atoms with Crippen molar-refractivity contribution in [2.24, 2.45) is 0 Å². The molecule has 1 aliphatic rings. The Morgan fingerprint density at radius 3 is 2.80 bits per heavy atom. The summed E-state index contributed by atoms with van der Waals surface area (Å²) in [5.41, 5.74) is 10.6. The summed E-state index contributed by atoms with van der Waals surface area (Å²) in [5.74, 6) is 0.0704. The van der Waals surface area contributed by atoms with Crippen LogP contribution < -0.4 is 5.73 Å². The molecule has 0 bridgehead atoms. The highest BCUT2D eigenvalue weighted by atomic mass is 32.1. The molecule has 0 saturated carbocycles. The summed E-state index contributed by atoms with van der Waals surface area (Å²) in [5, 5.41) is 5.11. The third-order valence-corrected chi connectivity index (χ3v) is 5.62. The van der Waals surface area contributed by atoms with Gasteiger partial charge in [-0.1, -0.05) is 11.3 Å². The Morgan fingerprint density at radius 1 is 1.28 bits per heavy atom. The molecule has 1 atom stereocenters. The number of hydrogen-bond donors (Lipinski definition) is 1. The third-order valence-electron chi connectivity index (χ3n) is 4.79. The number of carbonyl (C=O) groups is 1. The van der Waals surface area contributed by atoms with Crippen molar-refractivity contribution in [1.29, 1.82) is 0 Å². The topological polar surface area (TPSA) is 77.0 Å². The van der Waals surface area contributed by atoms with Gasteiger partial charge in [0.25, 0.3) is 5.91 Å². The highest BCUT2D eigenvalue weighted by Crippen LogP contribution is 2.30. The van der Waals surface area contributed by atoms with Gasteiger partial charge in [-0.05, 0) is 51.0 Å². The fraction of sp³-hybridized carbons (Fsp3) is 0.389. The number of benzene rings is 1. The van der Waals surface area contributed by atoms with E-state index in [0.717, 1.165) is 40.1 Å². The fourth-order valence-corrected chi connectivity index (χ4v) is 4.51. The van der Waals surface area contributed by atoms with Gasteiger partial charge in [0.2, 0.25) is 0 Å². The van der Waals surface area contributed by atoms with E-state index in [1.807, 2.05) is 30.9 Å². The molecule has 130 valence electrons. The van der Waals surface area contributed by atoms with Crippen LogP contribution in [0.15, 0.2) is 18.2 Å². The summed E-state index contributed by atoms with van der Waals surface area (Å²) in [6, 6.07) is 6.16. The maximum absolute atomic E-state index is 13.0. The normalized spacial score (nSPS) is 17.6. The van der Waals surface area contributed by atoms with E-state index < -0.39 is 0 Å². The molecule has 1 saturated heterocycles. The highest BCUT2D eigenvalue weighted by Gasteiger charge is 2.29. The van der Waals surface area contributed by atoms with Crippen LogP contribution in [0.3, 0.4) is 0 Å². The van der Waals surface area contributed by atoms with E-state index in [1.54, 1.807) is 0 Å². The molecule has 4 rings (SSSR count). The van der Waals surface area contributed by atoms with Crippen LogP contribution in [-0.2, 0) is 0 Å². The van der Waals surface area contributed by atoms with Crippen LogP contribution in [0, 0.1) is 20.8 Å². The Hall–Kier alpha value is -2.41. The summed E-state index contributed by atoms with van der Waals surface area (Å²) in [6.45, 7) is 7.49. The van der Waals surface area contributed by atoms with Crippen LogP contribution in [0.2, 0.25) is 0 Å². The molecule has 1 aliphatic heterocycles. The van der Waals surface area contributed by atoms with Crippen molar-refractivity contribution >= 4 is 32.6 Å². The van der Waals surface area contributed by atoms with Gasteiger partial charge in [0.05, 0.1) is 22.0 Å². The minimum atomic E-state index is 0.0704. The van der Waals surface area contributed by atoms with E-state index in [9.17, 15) is 4.79 Å². The number of aromatic nitrogens is 3. The number of nitrogen functional groups attached to an aromatic ring is 1. The van der Waals surface area contributed by atoms with Crippen molar-refractivity contribution in [2.45, 2.75) is 33.2 Å². The summed E-state index contributed by atoms with van der Waals surface area (Å²) >= 11 is 1.42. The van der Waals surface area contributed by atoms with Gasteiger partial charge in [-0.3, -0.25) is 9.48 Å². The molecular weight excluding hydrogens is 334 g/mol. The molecule has 7 heteroatoms. The minimum Gasteiger partial charge on any atom is -0.375 e. The first kappa shape index (κ1) is 16.1. The number of carbonyl (C=O) groups excluding carboxylic acids is 1. The molecule has 3 heterocycles. The molecular formula is C18H21N5OS. The molecule has 6 nitrogen and oxygen atoms in total. The number of nitrogens with two attached hydrogens (primary N) is 1. The van der Waals surface area contributed by atoms with Gasteiger partial charge < -0.3 is 10.6 Å². The van der Waals surface area contributed by atoms with Gasteiger partial charge in [0, 0.05) is 24.3 Å². The summed E-state index contributed by atoms with van der Waals surface area (Å²) in [4.78, 5) is 19.2. The Bertz CT molecular complexity index is 973. The lowest BCUT2D eigenvalue weighted by molar-refractivity contribution is 0.0787. The second kappa shape index (κ2) is 5.84. The smallest absolute Gasteiger partial charge is 0.253 e. The number of aryl methyl sites for hydroxylation is 3. The SMILES string of the molecule is Cc1cc(C)n(C2CCN(C(=O)c3cc(C)c4nc(N)sc4c3)C2)n1. The average Bonchev–Trinajstić information content (AvgIpc) is 3.24. The molecule has 3 aromatic rings. The lowest BCUT2D eigenvalue weighted by atomic mass is 10.1. The second-order valence-corrected chi connectivity index (χ2v) is 7.82. The molecule has 2 N–H and O–H groups in total. The van der Waals surface area contributed by atoms with Crippen molar-refractivity contribution in [1.82, 2.24) is 19.7 Å².